The maximum atomic E-state index is 11.0. The molecule has 21 heavy (non-hydrogen) atoms. The summed E-state index contributed by atoms with van der Waals surface area (Å²) in [4.78, 5) is 21.4. The van der Waals surface area contributed by atoms with Crippen molar-refractivity contribution < 1.29 is 19.2 Å². The van der Waals surface area contributed by atoms with Gasteiger partial charge in [0.2, 0.25) is 0 Å². The molecular weight excluding hydrogens is 274 g/mol. The summed E-state index contributed by atoms with van der Waals surface area (Å²) in [5.41, 5.74) is 1.49. The summed E-state index contributed by atoms with van der Waals surface area (Å²) < 4.78 is 10.5. The van der Waals surface area contributed by atoms with Gasteiger partial charge in [-0.15, -0.1) is 0 Å². The van der Waals surface area contributed by atoms with Crippen LogP contribution in [0.25, 0.3) is 11.1 Å². The third kappa shape index (κ3) is 2.84. The van der Waals surface area contributed by atoms with Gasteiger partial charge in [-0.3, -0.25) is 14.9 Å². The first-order valence-electron chi connectivity index (χ1n) is 6.06. The third-order valence-corrected chi connectivity index (χ3v) is 3.01. The summed E-state index contributed by atoms with van der Waals surface area (Å²) in [6, 6.07) is 9.26. The Labute approximate surface area is 121 Å². The van der Waals surface area contributed by atoms with Crippen molar-refractivity contribution in [1.82, 2.24) is 0 Å². The van der Waals surface area contributed by atoms with Gasteiger partial charge >= 0.3 is 0 Å². The second-order valence-corrected chi connectivity index (χ2v) is 4.23. The van der Waals surface area contributed by atoms with E-state index in [1.54, 1.807) is 24.3 Å². The Bertz CT molecular complexity index is 696. The number of aldehydes is 1. The zero-order chi connectivity index (χ0) is 15.4. The van der Waals surface area contributed by atoms with Crippen LogP contribution in [0, 0.1) is 10.1 Å². The largest absolute Gasteiger partial charge is 0.493 e. The standard InChI is InChI=1S/C15H13NO5/c1-20-14-7-10(9-17)6-13(15(14)21-2)11-4-3-5-12(8-11)16(18)19/h3-9H,1-2H3. The van der Waals surface area contributed by atoms with Gasteiger partial charge in [0, 0.05) is 23.3 Å². The molecule has 0 aliphatic heterocycles. The number of nitrogens with zero attached hydrogens (tertiary/aromatic N) is 1. The molecule has 0 saturated heterocycles. The molecule has 6 nitrogen and oxygen atoms in total. The topological polar surface area (TPSA) is 78.7 Å². The van der Waals surface area contributed by atoms with Gasteiger partial charge in [0.25, 0.3) is 5.69 Å². The number of benzene rings is 2. The number of rotatable bonds is 5. The molecule has 0 unspecified atom stereocenters. The van der Waals surface area contributed by atoms with E-state index in [4.69, 9.17) is 9.47 Å². The molecule has 0 fully saturated rings. The average Bonchev–Trinajstić information content (AvgIpc) is 2.53. The number of nitro benzene ring substituents is 1. The minimum Gasteiger partial charge on any atom is -0.493 e. The highest BCUT2D eigenvalue weighted by Crippen LogP contribution is 2.39. The van der Waals surface area contributed by atoms with Crippen molar-refractivity contribution >= 4 is 12.0 Å². The molecule has 0 aliphatic rings. The molecular formula is C15H13NO5. The van der Waals surface area contributed by atoms with E-state index in [1.807, 2.05) is 0 Å². The van der Waals surface area contributed by atoms with Crippen LogP contribution < -0.4 is 9.47 Å². The Hall–Kier alpha value is -2.89. The summed E-state index contributed by atoms with van der Waals surface area (Å²) in [7, 11) is 2.93. The van der Waals surface area contributed by atoms with Crippen molar-refractivity contribution in [1.29, 1.82) is 0 Å². The highest BCUT2D eigenvalue weighted by Gasteiger charge is 2.16. The smallest absolute Gasteiger partial charge is 0.270 e. The highest BCUT2D eigenvalue weighted by molar-refractivity contribution is 5.84. The fraction of sp³-hybridized carbons (Fsp3) is 0.133. The van der Waals surface area contributed by atoms with Crippen molar-refractivity contribution in [2.24, 2.45) is 0 Å². The predicted octanol–water partition coefficient (Wildman–Crippen LogP) is 3.09. The van der Waals surface area contributed by atoms with Gasteiger partial charge in [-0.1, -0.05) is 12.1 Å². The van der Waals surface area contributed by atoms with Gasteiger partial charge < -0.3 is 9.47 Å². The molecule has 0 amide bonds. The van der Waals surface area contributed by atoms with Crippen LogP contribution in [0.2, 0.25) is 0 Å². The van der Waals surface area contributed by atoms with Crippen molar-refractivity contribution in [3.8, 4) is 22.6 Å². The highest BCUT2D eigenvalue weighted by atomic mass is 16.6. The molecule has 2 aromatic rings. The Morgan fingerprint density at radius 1 is 1.14 bits per heavy atom. The van der Waals surface area contributed by atoms with E-state index in [0.717, 1.165) is 0 Å². The molecule has 2 aromatic carbocycles. The predicted molar refractivity (Wildman–Crippen MR) is 77.0 cm³/mol. The minimum atomic E-state index is -0.475. The molecule has 0 aliphatic carbocycles. The van der Waals surface area contributed by atoms with E-state index in [-0.39, 0.29) is 5.69 Å². The Morgan fingerprint density at radius 2 is 1.90 bits per heavy atom. The molecule has 6 heteroatoms. The lowest BCUT2D eigenvalue weighted by Gasteiger charge is -2.13. The van der Waals surface area contributed by atoms with E-state index in [1.165, 1.54) is 26.4 Å². The zero-order valence-electron chi connectivity index (χ0n) is 11.5. The van der Waals surface area contributed by atoms with Crippen molar-refractivity contribution in [2.45, 2.75) is 0 Å². The molecule has 0 N–H and O–H groups in total. The number of non-ortho nitro benzene ring substituents is 1. The Kier molecular flexibility index (Phi) is 4.18. The molecule has 0 atom stereocenters. The first kappa shape index (κ1) is 14.5. The van der Waals surface area contributed by atoms with Crippen LogP contribution in [-0.4, -0.2) is 25.4 Å². The van der Waals surface area contributed by atoms with E-state index in [9.17, 15) is 14.9 Å². The van der Waals surface area contributed by atoms with E-state index < -0.39 is 4.92 Å². The molecule has 108 valence electrons. The molecule has 0 heterocycles. The second-order valence-electron chi connectivity index (χ2n) is 4.23. The fourth-order valence-corrected chi connectivity index (χ4v) is 2.06. The lowest BCUT2D eigenvalue weighted by atomic mass is 10.0. The van der Waals surface area contributed by atoms with Gasteiger partial charge in [-0.05, 0) is 17.7 Å². The third-order valence-electron chi connectivity index (χ3n) is 3.01. The van der Waals surface area contributed by atoms with Crippen LogP contribution in [0.4, 0.5) is 5.69 Å². The number of ether oxygens (including phenoxy) is 2. The number of carbonyl (C=O) groups is 1. The van der Waals surface area contributed by atoms with E-state index >= 15 is 0 Å². The fourth-order valence-electron chi connectivity index (χ4n) is 2.06. The van der Waals surface area contributed by atoms with Gasteiger partial charge in [-0.2, -0.15) is 0 Å². The van der Waals surface area contributed by atoms with Crippen LogP contribution in [0.1, 0.15) is 10.4 Å². The normalized spacial score (nSPS) is 10.0. The summed E-state index contributed by atoms with van der Waals surface area (Å²) in [5, 5.41) is 10.9. The Morgan fingerprint density at radius 3 is 2.48 bits per heavy atom. The van der Waals surface area contributed by atoms with E-state index in [0.29, 0.717) is 34.5 Å². The molecule has 2 rings (SSSR count). The van der Waals surface area contributed by atoms with Crippen LogP contribution >= 0.6 is 0 Å². The number of carbonyl (C=O) groups excluding carboxylic acids is 1. The van der Waals surface area contributed by atoms with Crippen LogP contribution in [0.5, 0.6) is 11.5 Å². The summed E-state index contributed by atoms with van der Waals surface area (Å²) >= 11 is 0. The van der Waals surface area contributed by atoms with Crippen molar-refractivity contribution in [3.63, 3.8) is 0 Å². The van der Waals surface area contributed by atoms with Gasteiger partial charge in [0.1, 0.15) is 6.29 Å². The lowest BCUT2D eigenvalue weighted by molar-refractivity contribution is -0.384. The second kappa shape index (κ2) is 6.04. The van der Waals surface area contributed by atoms with Crippen LogP contribution in [0.15, 0.2) is 36.4 Å². The maximum Gasteiger partial charge on any atom is 0.270 e. The van der Waals surface area contributed by atoms with Gasteiger partial charge in [-0.25, -0.2) is 0 Å². The average molecular weight is 287 g/mol. The quantitative estimate of drug-likeness (QED) is 0.479. The maximum absolute atomic E-state index is 11.0. The molecule has 0 radical (unpaired) electrons. The molecule has 0 saturated carbocycles. The first-order valence-corrected chi connectivity index (χ1v) is 6.06. The van der Waals surface area contributed by atoms with Gasteiger partial charge in [0.15, 0.2) is 11.5 Å². The number of hydrogen-bond acceptors (Lipinski definition) is 5. The monoisotopic (exact) mass is 287 g/mol. The Balaban J connectivity index is 2.69. The first-order chi connectivity index (χ1) is 10.1. The van der Waals surface area contributed by atoms with Gasteiger partial charge in [0.05, 0.1) is 19.1 Å². The summed E-state index contributed by atoms with van der Waals surface area (Å²) in [5.74, 6) is 0.812. The van der Waals surface area contributed by atoms with Crippen molar-refractivity contribution in [2.75, 3.05) is 14.2 Å². The lowest BCUT2D eigenvalue weighted by Crippen LogP contribution is -1.96. The number of nitro groups is 1. The minimum absolute atomic E-state index is 0.0370. The summed E-state index contributed by atoms with van der Waals surface area (Å²) in [6.07, 6.45) is 0.683. The number of hydrogen-bond donors (Lipinski definition) is 0. The SMILES string of the molecule is COc1cc(C=O)cc(-c2cccc([N+](=O)[O-])c2)c1OC. The molecule has 0 aromatic heterocycles. The molecule has 0 bridgehead atoms. The summed E-state index contributed by atoms with van der Waals surface area (Å²) in [6.45, 7) is 0. The number of methoxy groups -OCH3 is 2. The van der Waals surface area contributed by atoms with Crippen LogP contribution in [0.3, 0.4) is 0 Å². The van der Waals surface area contributed by atoms with E-state index in [2.05, 4.69) is 0 Å². The molecule has 0 spiro atoms. The zero-order valence-corrected chi connectivity index (χ0v) is 11.5. The van der Waals surface area contributed by atoms with Crippen LogP contribution in [-0.2, 0) is 0 Å². The van der Waals surface area contributed by atoms with Crippen molar-refractivity contribution in [3.05, 3.63) is 52.1 Å².